The zero-order valence-electron chi connectivity index (χ0n) is 13.7. The van der Waals surface area contributed by atoms with Crippen molar-refractivity contribution in [3.8, 4) is 0 Å². The molecule has 0 aliphatic carbocycles. The van der Waals surface area contributed by atoms with Crippen LogP contribution in [0.4, 0.5) is 5.69 Å². The van der Waals surface area contributed by atoms with E-state index in [4.69, 9.17) is 0 Å². The van der Waals surface area contributed by atoms with E-state index >= 15 is 0 Å². The summed E-state index contributed by atoms with van der Waals surface area (Å²) in [5.41, 5.74) is 5.93. The molecule has 7 heteroatoms. The zero-order chi connectivity index (χ0) is 17.4. The minimum Gasteiger partial charge on any atom is -0.338 e. The molecule has 3 aromatic rings. The largest absolute Gasteiger partial charge is 0.338 e. The lowest BCUT2D eigenvalue weighted by Gasteiger charge is -2.28. The fraction of sp³-hybridized carbons (Fsp3) is 0.222. The Bertz CT molecular complexity index is 982. The molecule has 2 amide bonds. The van der Waals surface area contributed by atoms with E-state index in [1.54, 1.807) is 29.7 Å². The number of anilines is 1. The highest BCUT2D eigenvalue weighted by Crippen LogP contribution is 2.25. The normalized spacial score (nSPS) is 13.6. The number of hydrogen-bond donors (Lipinski definition) is 1. The van der Waals surface area contributed by atoms with E-state index in [1.165, 1.54) is 11.3 Å². The second kappa shape index (κ2) is 6.25. The first-order chi connectivity index (χ1) is 12.1. The maximum Gasteiger partial charge on any atom is 0.257 e. The summed E-state index contributed by atoms with van der Waals surface area (Å²) in [7, 11) is 0. The van der Waals surface area contributed by atoms with Gasteiger partial charge in [0.05, 0.1) is 21.3 Å². The molecule has 0 spiro atoms. The zero-order valence-corrected chi connectivity index (χ0v) is 14.5. The highest BCUT2D eigenvalue weighted by Gasteiger charge is 2.23. The molecular formula is C18H16N4O2S. The van der Waals surface area contributed by atoms with Gasteiger partial charge in [-0.3, -0.25) is 14.6 Å². The van der Waals surface area contributed by atoms with E-state index in [0.717, 1.165) is 27.0 Å². The Kier molecular flexibility index (Phi) is 3.93. The van der Waals surface area contributed by atoms with Crippen LogP contribution in [0.2, 0.25) is 0 Å². The Morgan fingerprint density at radius 3 is 3.00 bits per heavy atom. The molecule has 0 saturated carbocycles. The molecule has 6 nitrogen and oxygen atoms in total. The van der Waals surface area contributed by atoms with Crippen LogP contribution in [-0.4, -0.2) is 33.2 Å². The lowest BCUT2D eigenvalue weighted by atomic mass is 9.96. The number of benzene rings is 1. The van der Waals surface area contributed by atoms with Gasteiger partial charge in [-0.2, -0.15) is 0 Å². The number of carbonyl (C=O) groups is 2. The molecule has 0 atom stereocenters. The molecule has 1 aliphatic rings. The smallest absolute Gasteiger partial charge is 0.257 e. The molecule has 3 heterocycles. The lowest BCUT2D eigenvalue weighted by Crippen LogP contribution is -2.35. The molecule has 1 aromatic carbocycles. The number of carbonyl (C=O) groups excluding carboxylic acids is 2. The van der Waals surface area contributed by atoms with Gasteiger partial charge in [-0.15, -0.1) is 11.3 Å². The van der Waals surface area contributed by atoms with Gasteiger partial charge in [-0.05, 0) is 35.7 Å². The molecule has 1 N–H and O–H groups in total. The van der Waals surface area contributed by atoms with Gasteiger partial charge in [0.15, 0.2) is 0 Å². The Labute approximate surface area is 148 Å². The van der Waals surface area contributed by atoms with Crippen molar-refractivity contribution in [3.05, 3.63) is 52.8 Å². The number of fused-ring (bicyclic) bond motifs is 2. The molecule has 4 rings (SSSR count). The molecule has 0 bridgehead atoms. The minimum atomic E-state index is -0.176. The summed E-state index contributed by atoms with van der Waals surface area (Å²) >= 11 is 1.54. The van der Waals surface area contributed by atoms with Crippen LogP contribution in [0.25, 0.3) is 10.2 Å². The summed E-state index contributed by atoms with van der Waals surface area (Å²) in [5.74, 6) is -0.136. The average molecular weight is 352 g/mol. The van der Waals surface area contributed by atoms with Crippen LogP contribution in [0, 0.1) is 0 Å². The van der Waals surface area contributed by atoms with E-state index in [2.05, 4.69) is 15.3 Å². The standard InChI is InChI=1S/C18H16N4O2S/c1-11(23)22-5-4-14-12(9-22)7-19-8-15(14)18(24)21-13-2-3-16-17(6-13)25-10-20-16/h2-3,6-8,10H,4-5,9H2,1H3,(H,21,24). The van der Waals surface area contributed by atoms with Crippen molar-refractivity contribution in [1.29, 1.82) is 0 Å². The van der Waals surface area contributed by atoms with Crippen molar-refractivity contribution < 1.29 is 9.59 Å². The fourth-order valence-corrected chi connectivity index (χ4v) is 3.81. The van der Waals surface area contributed by atoms with Crippen molar-refractivity contribution in [2.24, 2.45) is 0 Å². The van der Waals surface area contributed by atoms with Gasteiger partial charge in [0, 0.05) is 38.1 Å². The van der Waals surface area contributed by atoms with Crippen molar-refractivity contribution in [2.75, 3.05) is 11.9 Å². The van der Waals surface area contributed by atoms with Crippen molar-refractivity contribution >= 4 is 39.1 Å². The molecule has 25 heavy (non-hydrogen) atoms. The number of rotatable bonds is 2. The Hall–Kier alpha value is -2.80. The maximum absolute atomic E-state index is 12.7. The quantitative estimate of drug-likeness (QED) is 0.769. The number of nitrogens with zero attached hydrogens (tertiary/aromatic N) is 3. The third-order valence-corrected chi connectivity index (χ3v) is 5.21. The number of nitrogens with one attached hydrogen (secondary N) is 1. The lowest BCUT2D eigenvalue weighted by molar-refractivity contribution is -0.129. The Morgan fingerprint density at radius 2 is 2.16 bits per heavy atom. The number of amides is 2. The number of thiazole rings is 1. The topological polar surface area (TPSA) is 75.2 Å². The number of aromatic nitrogens is 2. The van der Waals surface area contributed by atoms with Crippen LogP contribution in [-0.2, 0) is 17.8 Å². The molecule has 0 fully saturated rings. The molecule has 2 aromatic heterocycles. The van der Waals surface area contributed by atoms with E-state index in [-0.39, 0.29) is 11.8 Å². The fourth-order valence-electron chi connectivity index (χ4n) is 3.09. The number of hydrogen-bond acceptors (Lipinski definition) is 5. The summed E-state index contributed by atoms with van der Waals surface area (Å²) in [4.78, 5) is 34.5. The van der Waals surface area contributed by atoms with Crippen LogP contribution < -0.4 is 5.32 Å². The van der Waals surface area contributed by atoms with Gasteiger partial charge in [0.1, 0.15) is 0 Å². The van der Waals surface area contributed by atoms with Crippen LogP contribution in [0.15, 0.2) is 36.1 Å². The predicted octanol–water partition coefficient (Wildman–Crippen LogP) is 2.85. The molecule has 0 saturated heterocycles. The van der Waals surface area contributed by atoms with Crippen molar-refractivity contribution in [2.45, 2.75) is 19.9 Å². The third kappa shape index (κ3) is 2.98. The highest BCUT2D eigenvalue weighted by molar-refractivity contribution is 7.16. The van der Waals surface area contributed by atoms with Gasteiger partial charge in [0.2, 0.25) is 5.91 Å². The molecule has 0 radical (unpaired) electrons. The van der Waals surface area contributed by atoms with Crippen molar-refractivity contribution in [3.63, 3.8) is 0 Å². The second-order valence-corrected chi connectivity index (χ2v) is 6.89. The van der Waals surface area contributed by atoms with E-state index < -0.39 is 0 Å². The molecular weight excluding hydrogens is 336 g/mol. The summed E-state index contributed by atoms with van der Waals surface area (Å²) in [5, 5.41) is 2.94. The van der Waals surface area contributed by atoms with Gasteiger partial charge in [-0.25, -0.2) is 4.98 Å². The van der Waals surface area contributed by atoms with E-state index in [0.29, 0.717) is 25.1 Å². The average Bonchev–Trinajstić information content (AvgIpc) is 3.08. The SMILES string of the molecule is CC(=O)N1CCc2c(cncc2C(=O)Nc2ccc3ncsc3c2)C1. The van der Waals surface area contributed by atoms with Crippen molar-refractivity contribution in [1.82, 2.24) is 14.9 Å². The summed E-state index contributed by atoms with van der Waals surface area (Å²) in [6, 6.07) is 5.66. The minimum absolute atomic E-state index is 0.0402. The van der Waals surface area contributed by atoms with Crippen LogP contribution in [0.5, 0.6) is 0 Å². The highest BCUT2D eigenvalue weighted by atomic mass is 32.1. The first-order valence-corrected chi connectivity index (χ1v) is 8.85. The van der Waals surface area contributed by atoms with Gasteiger partial charge in [-0.1, -0.05) is 0 Å². The monoisotopic (exact) mass is 352 g/mol. The third-order valence-electron chi connectivity index (χ3n) is 4.42. The summed E-state index contributed by atoms with van der Waals surface area (Å²) < 4.78 is 1.03. The van der Waals surface area contributed by atoms with Crippen LogP contribution in [0.3, 0.4) is 0 Å². The molecule has 1 aliphatic heterocycles. The van der Waals surface area contributed by atoms with Gasteiger partial charge >= 0.3 is 0 Å². The van der Waals surface area contributed by atoms with E-state index in [1.807, 2.05) is 18.2 Å². The maximum atomic E-state index is 12.7. The Balaban J connectivity index is 1.60. The van der Waals surface area contributed by atoms with E-state index in [9.17, 15) is 9.59 Å². The first kappa shape index (κ1) is 15.7. The first-order valence-electron chi connectivity index (χ1n) is 7.97. The second-order valence-electron chi connectivity index (χ2n) is 6.00. The van der Waals surface area contributed by atoms with Crippen LogP contribution >= 0.6 is 11.3 Å². The van der Waals surface area contributed by atoms with Gasteiger partial charge < -0.3 is 10.2 Å². The Morgan fingerprint density at radius 1 is 1.28 bits per heavy atom. The summed E-state index contributed by atoms with van der Waals surface area (Å²) in [6.45, 7) is 2.69. The van der Waals surface area contributed by atoms with Gasteiger partial charge in [0.25, 0.3) is 5.91 Å². The number of pyridine rings is 1. The summed E-state index contributed by atoms with van der Waals surface area (Å²) in [6.07, 6.45) is 4.00. The van der Waals surface area contributed by atoms with Crippen LogP contribution in [0.1, 0.15) is 28.4 Å². The molecule has 126 valence electrons. The predicted molar refractivity (Wildman–Crippen MR) is 96.6 cm³/mol. The molecule has 0 unspecified atom stereocenters.